The zero-order valence-electron chi connectivity index (χ0n) is 7.19. The van der Waals surface area contributed by atoms with Crippen LogP contribution in [0.25, 0.3) is 0 Å². The van der Waals surface area contributed by atoms with Gasteiger partial charge in [-0.15, -0.1) is 0 Å². The molecule has 0 aliphatic heterocycles. The van der Waals surface area contributed by atoms with Crippen molar-refractivity contribution in [3.05, 3.63) is 34.6 Å². The molecule has 0 atom stereocenters. The Labute approximate surface area is 100.0 Å². The lowest BCUT2D eigenvalue weighted by molar-refractivity contribution is 0.0956. The van der Waals surface area contributed by atoms with Gasteiger partial charge >= 0.3 is 0 Å². The predicted molar refractivity (Wildman–Crippen MR) is 62.6 cm³/mol. The fraction of sp³-hybridized carbons (Fsp3) is 0.222. The number of carbonyl (C=O) groups is 1. The smallest absolute Gasteiger partial charge is 0.252 e. The van der Waals surface area contributed by atoms with Crippen LogP contribution in [0.1, 0.15) is 10.4 Å². The lowest BCUT2D eigenvalue weighted by Gasteiger charge is -2.04. The molecule has 0 fully saturated rings. The molecular weight excluding hydrogens is 319 g/mol. The van der Waals surface area contributed by atoms with Crippen molar-refractivity contribution in [1.29, 1.82) is 0 Å². The Morgan fingerprint density at radius 3 is 2.86 bits per heavy atom. The summed E-state index contributed by atoms with van der Waals surface area (Å²) in [5, 5.41) is 2.79. The van der Waals surface area contributed by atoms with E-state index in [-0.39, 0.29) is 10.9 Å². The van der Waals surface area contributed by atoms with Crippen LogP contribution in [0.4, 0.5) is 4.39 Å². The van der Waals surface area contributed by atoms with Gasteiger partial charge in [0.15, 0.2) is 0 Å². The quantitative estimate of drug-likeness (QED) is 0.671. The molecule has 0 bridgehead atoms. The number of carbonyl (C=O) groups excluding carboxylic acids is 1. The first-order valence-corrected chi connectivity index (χ1v) is 5.84. The number of rotatable bonds is 3. The summed E-state index contributed by atoms with van der Waals surface area (Å²) < 4.78 is 13.5. The molecule has 0 aromatic heterocycles. The third kappa shape index (κ3) is 3.09. The number of halogens is 3. The van der Waals surface area contributed by atoms with Crippen molar-refractivity contribution in [3.63, 3.8) is 0 Å². The van der Waals surface area contributed by atoms with Crippen LogP contribution in [-0.2, 0) is 0 Å². The molecule has 1 aromatic carbocycles. The first kappa shape index (κ1) is 11.7. The molecule has 0 spiro atoms. The number of amides is 1. The van der Waals surface area contributed by atoms with E-state index in [9.17, 15) is 9.18 Å². The van der Waals surface area contributed by atoms with Crippen LogP contribution in [0.15, 0.2) is 18.2 Å². The van der Waals surface area contributed by atoms with Gasteiger partial charge in [0.25, 0.3) is 5.91 Å². The molecule has 14 heavy (non-hydrogen) atoms. The van der Waals surface area contributed by atoms with Gasteiger partial charge in [-0.3, -0.25) is 4.79 Å². The predicted octanol–water partition coefficient (Wildman–Crippen LogP) is 2.64. The van der Waals surface area contributed by atoms with E-state index in [0.717, 1.165) is 10.5 Å². The van der Waals surface area contributed by atoms with Gasteiger partial charge in [0.1, 0.15) is 5.82 Å². The molecule has 0 unspecified atom stereocenters. The summed E-state index contributed by atoms with van der Waals surface area (Å²) in [4.78, 5) is 11.4. The first-order valence-electron chi connectivity index (χ1n) is 3.94. The second-order valence-electron chi connectivity index (χ2n) is 2.57. The minimum absolute atomic E-state index is 0.135. The van der Waals surface area contributed by atoms with Gasteiger partial charge in [-0.05, 0) is 18.2 Å². The minimum Gasteiger partial charge on any atom is -0.351 e. The number of benzene rings is 1. The fourth-order valence-corrected chi connectivity index (χ4v) is 1.45. The maximum atomic E-state index is 12.6. The van der Waals surface area contributed by atoms with Crippen LogP contribution in [0.5, 0.6) is 0 Å². The van der Waals surface area contributed by atoms with Gasteiger partial charge in [0, 0.05) is 11.0 Å². The van der Waals surface area contributed by atoms with Crippen LogP contribution in [0.3, 0.4) is 0 Å². The van der Waals surface area contributed by atoms with Crippen molar-refractivity contribution in [1.82, 2.24) is 5.32 Å². The zero-order chi connectivity index (χ0) is 10.6. The Morgan fingerprint density at radius 1 is 1.57 bits per heavy atom. The van der Waals surface area contributed by atoms with Crippen molar-refractivity contribution in [3.8, 4) is 0 Å². The highest BCUT2D eigenvalue weighted by atomic mass is 127. The molecule has 76 valence electrons. The van der Waals surface area contributed by atoms with E-state index in [2.05, 4.69) is 27.9 Å². The third-order valence-corrected chi connectivity index (χ3v) is 2.41. The Hall–Kier alpha value is -0.360. The van der Waals surface area contributed by atoms with E-state index < -0.39 is 5.82 Å². The van der Waals surface area contributed by atoms with Crippen LogP contribution in [0, 0.1) is 5.82 Å². The van der Waals surface area contributed by atoms with E-state index in [1.54, 1.807) is 0 Å². The summed E-state index contributed by atoms with van der Waals surface area (Å²) in [6.45, 7) is 0.576. The molecule has 0 radical (unpaired) electrons. The highest BCUT2D eigenvalue weighted by Crippen LogP contribution is 2.16. The number of alkyl halides is 1. The molecule has 1 amide bonds. The van der Waals surface area contributed by atoms with Crippen LogP contribution < -0.4 is 5.32 Å². The van der Waals surface area contributed by atoms with Crippen molar-refractivity contribution < 1.29 is 9.18 Å². The molecule has 1 rings (SSSR count). The molecule has 0 saturated heterocycles. The van der Waals surface area contributed by atoms with Gasteiger partial charge in [-0.1, -0.05) is 34.2 Å². The summed E-state index contributed by atoms with van der Waals surface area (Å²) in [6, 6.07) is 3.71. The molecule has 1 N–H and O–H groups in total. The van der Waals surface area contributed by atoms with E-state index >= 15 is 0 Å². The minimum atomic E-state index is -0.444. The molecular formula is C9H8ClFINO. The number of hydrogen-bond donors (Lipinski definition) is 1. The van der Waals surface area contributed by atoms with Crippen molar-refractivity contribution >= 4 is 40.1 Å². The SMILES string of the molecule is O=C(NCCI)c1ccc(F)cc1Cl. The van der Waals surface area contributed by atoms with Crippen molar-refractivity contribution in [2.75, 3.05) is 11.0 Å². The summed E-state index contributed by atoms with van der Waals surface area (Å²) >= 11 is 7.85. The van der Waals surface area contributed by atoms with Crippen LogP contribution >= 0.6 is 34.2 Å². The zero-order valence-corrected chi connectivity index (χ0v) is 10.1. The third-order valence-electron chi connectivity index (χ3n) is 1.56. The summed E-state index contributed by atoms with van der Waals surface area (Å²) in [6.07, 6.45) is 0. The highest BCUT2D eigenvalue weighted by Gasteiger charge is 2.09. The molecule has 0 saturated carbocycles. The largest absolute Gasteiger partial charge is 0.351 e. The van der Waals surface area contributed by atoms with E-state index in [1.165, 1.54) is 12.1 Å². The highest BCUT2D eigenvalue weighted by molar-refractivity contribution is 14.1. The lowest BCUT2D eigenvalue weighted by atomic mass is 10.2. The number of hydrogen-bond acceptors (Lipinski definition) is 1. The molecule has 2 nitrogen and oxygen atoms in total. The summed E-state index contributed by atoms with van der Waals surface area (Å²) in [5.74, 6) is -0.716. The van der Waals surface area contributed by atoms with Gasteiger partial charge in [-0.2, -0.15) is 0 Å². The molecule has 0 aliphatic carbocycles. The maximum Gasteiger partial charge on any atom is 0.252 e. The Balaban J connectivity index is 2.80. The van der Waals surface area contributed by atoms with Crippen LogP contribution in [-0.4, -0.2) is 16.9 Å². The molecule has 5 heteroatoms. The van der Waals surface area contributed by atoms with E-state index in [4.69, 9.17) is 11.6 Å². The van der Waals surface area contributed by atoms with Gasteiger partial charge in [0.05, 0.1) is 10.6 Å². The second-order valence-corrected chi connectivity index (χ2v) is 4.06. The average molecular weight is 328 g/mol. The van der Waals surface area contributed by atoms with Crippen molar-refractivity contribution in [2.45, 2.75) is 0 Å². The molecule has 0 heterocycles. The molecule has 0 aliphatic rings. The van der Waals surface area contributed by atoms with Crippen molar-refractivity contribution in [2.24, 2.45) is 0 Å². The second kappa shape index (κ2) is 5.50. The fourth-order valence-electron chi connectivity index (χ4n) is 0.930. The average Bonchev–Trinajstić information content (AvgIpc) is 2.14. The standard InChI is InChI=1S/C9H8ClFINO/c10-8-5-6(11)1-2-7(8)9(14)13-4-3-12/h1-2,5H,3-4H2,(H,13,14). The van der Waals surface area contributed by atoms with E-state index in [0.29, 0.717) is 12.1 Å². The normalized spacial score (nSPS) is 9.93. The summed E-state index contributed by atoms with van der Waals surface area (Å²) in [5.41, 5.74) is 0.304. The Bertz CT molecular complexity index is 346. The number of nitrogens with one attached hydrogen (secondary N) is 1. The van der Waals surface area contributed by atoms with Gasteiger partial charge < -0.3 is 5.32 Å². The maximum absolute atomic E-state index is 12.6. The van der Waals surface area contributed by atoms with Crippen LogP contribution in [0.2, 0.25) is 5.02 Å². The monoisotopic (exact) mass is 327 g/mol. The Morgan fingerprint density at radius 2 is 2.29 bits per heavy atom. The first-order chi connectivity index (χ1) is 6.65. The van der Waals surface area contributed by atoms with Gasteiger partial charge in [-0.25, -0.2) is 4.39 Å². The Kier molecular flexibility index (Phi) is 4.60. The van der Waals surface area contributed by atoms with Gasteiger partial charge in [0.2, 0.25) is 0 Å². The van der Waals surface area contributed by atoms with E-state index in [1.807, 2.05) is 0 Å². The molecule has 1 aromatic rings. The lowest BCUT2D eigenvalue weighted by Crippen LogP contribution is -2.25. The topological polar surface area (TPSA) is 29.1 Å². The summed E-state index contributed by atoms with van der Waals surface area (Å²) in [7, 11) is 0.